The third-order valence-electron chi connectivity index (χ3n) is 3.07. The Morgan fingerprint density at radius 1 is 1.19 bits per heavy atom. The van der Waals surface area contributed by atoms with Gasteiger partial charge in [-0.15, -0.1) is 12.4 Å². The summed E-state index contributed by atoms with van der Waals surface area (Å²) in [6.45, 7) is 3.35. The number of halogens is 1. The number of nitrogens with zero attached hydrogens (tertiary/aromatic N) is 1. The van der Waals surface area contributed by atoms with Gasteiger partial charge in [0.05, 0.1) is 0 Å². The van der Waals surface area contributed by atoms with Crippen molar-refractivity contribution in [3.05, 3.63) is 35.9 Å². The molecule has 0 unspecified atom stereocenters. The monoisotopic (exact) mass is 241 g/mol. The molecular weight excluding hydrogens is 222 g/mol. The summed E-state index contributed by atoms with van der Waals surface area (Å²) >= 11 is 0. The van der Waals surface area contributed by atoms with Gasteiger partial charge in [0.2, 0.25) is 0 Å². The van der Waals surface area contributed by atoms with Gasteiger partial charge in [0, 0.05) is 25.7 Å². The van der Waals surface area contributed by atoms with Gasteiger partial charge in [-0.1, -0.05) is 30.3 Å². The fourth-order valence-corrected chi connectivity index (χ4v) is 2.10. The van der Waals surface area contributed by atoms with Gasteiger partial charge in [0.15, 0.2) is 0 Å². The third-order valence-corrected chi connectivity index (χ3v) is 3.07. The maximum Gasteiger partial charge on any atom is 0.0234 e. The van der Waals surface area contributed by atoms with Gasteiger partial charge in [0.1, 0.15) is 0 Å². The molecule has 0 amide bonds. The van der Waals surface area contributed by atoms with Crippen molar-refractivity contribution in [1.82, 2.24) is 10.3 Å². The normalized spacial score (nSPS) is 18.1. The first-order valence-corrected chi connectivity index (χ1v) is 5.61. The molecule has 3 nitrogen and oxygen atoms in total. The molecule has 1 heterocycles. The van der Waals surface area contributed by atoms with E-state index in [1.807, 2.05) is 0 Å². The van der Waals surface area contributed by atoms with E-state index in [0.29, 0.717) is 6.04 Å². The van der Waals surface area contributed by atoms with E-state index >= 15 is 0 Å². The van der Waals surface area contributed by atoms with Gasteiger partial charge in [-0.05, 0) is 18.4 Å². The summed E-state index contributed by atoms with van der Waals surface area (Å²) in [6.07, 6.45) is 2.31. The lowest BCUT2D eigenvalue weighted by Gasteiger charge is -2.31. The van der Waals surface area contributed by atoms with Crippen molar-refractivity contribution in [3.8, 4) is 0 Å². The number of benzene rings is 1. The minimum absolute atomic E-state index is 0. The molecule has 1 aromatic rings. The minimum Gasteiger partial charge on any atom is -0.299 e. The summed E-state index contributed by atoms with van der Waals surface area (Å²) in [5.41, 5.74) is 4.26. The van der Waals surface area contributed by atoms with Crippen LogP contribution in [0, 0.1) is 0 Å². The van der Waals surface area contributed by atoms with E-state index in [1.165, 1.54) is 5.56 Å². The summed E-state index contributed by atoms with van der Waals surface area (Å²) in [4.78, 5) is 2.49. The molecule has 0 bridgehead atoms. The molecule has 0 saturated carbocycles. The number of likely N-dealkylation sites (tertiary alicyclic amines) is 1. The molecule has 1 aromatic carbocycles. The molecule has 3 N–H and O–H groups in total. The molecule has 16 heavy (non-hydrogen) atoms. The molecule has 1 fully saturated rings. The fourth-order valence-electron chi connectivity index (χ4n) is 2.10. The zero-order valence-electron chi connectivity index (χ0n) is 9.43. The highest BCUT2D eigenvalue weighted by Gasteiger charge is 2.17. The third kappa shape index (κ3) is 3.76. The summed E-state index contributed by atoms with van der Waals surface area (Å²) in [6, 6.07) is 11.2. The van der Waals surface area contributed by atoms with Crippen molar-refractivity contribution in [3.63, 3.8) is 0 Å². The molecule has 0 atom stereocenters. The zero-order valence-corrected chi connectivity index (χ0v) is 10.2. The highest BCUT2D eigenvalue weighted by atomic mass is 35.5. The standard InChI is InChI=1S/C12H19N3.ClH/c13-14-12-6-8-15(9-7-12)10-11-4-2-1-3-5-11;/h1-5,12,14H,6-10,13H2;1H. The predicted molar refractivity (Wildman–Crippen MR) is 69.3 cm³/mol. The average molecular weight is 242 g/mol. The Hall–Kier alpha value is -0.610. The zero-order chi connectivity index (χ0) is 10.5. The first-order valence-electron chi connectivity index (χ1n) is 5.61. The summed E-state index contributed by atoms with van der Waals surface area (Å²) in [7, 11) is 0. The van der Waals surface area contributed by atoms with E-state index in [9.17, 15) is 0 Å². The highest BCUT2D eigenvalue weighted by molar-refractivity contribution is 5.85. The van der Waals surface area contributed by atoms with Gasteiger partial charge < -0.3 is 0 Å². The van der Waals surface area contributed by atoms with Crippen LogP contribution in [-0.4, -0.2) is 24.0 Å². The molecule has 1 saturated heterocycles. The largest absolute Gasteiger partial charge is 0.299 e. The Bertz CT molecular complexity index is 284. The highest BCUT2D eigenvalue weighted by Crippen LogP contribution is 2.12. The van der Waals surface area contributed by atoms with E-state index < -0.39 is 0 Å². The van der Waals surface area contributed by atoms with Gasteiger partial charge in [-0.3, -0.25) is 16.2 Å². The molecule has 0 radical (unpaired) electrons. The van der Waals surface area contributed by atoms with E-state index in [-0.39, 0.29) is 12.4 Å². The van der Waals surface area contributed by atoms with Crippen LogP contribution in [-0.2, 0) is 6.54 Å². The van der Waals surface area contributed by atoms with E-state index in [1.54, 1.807) is 0 Å². The first-order chi connectivity index (χ1) is 7.38. The Morgan fingerprint density at radius 2 is 1.81 bits per heavy atom. The van der Waals surface area contributed by atoms with Crippen molar-refractivity contribution in [2.24, 2.45) is 5.84 Å². The van der Waals surface area contributed by atoms with Gasteiger partial charge in [0.25, 0.3) is 0 Å². The average Bonchev–Trinajstić information content (AvgIpc) is 2.31. The van der Waals surface area contributed by atoms with E-state index in [4.69, 9.17) is 5.84 Å². The number of hydrazine groups is 1. The molecule has 4 heteroatoms. The number of nitrogens with one attached hydrogen (secondary N) is 1. The summed E-state index contributed by atoms with van der Waals surface area (Å²) in [5.74, 6) is 5.43. The molecule has 0 aromatic heterocycles. The van der Waals surface area contributed by atoms with Crippen LogP contribution in [0.4, 0.5) is 0 Å². The minimum atomic E-state index is 0. The summed E-state index contributed by atoms with van der Waals surface area (Å²) < 4.78 is 0. The van der Waals surface area contributed by atoms with Crippen LogP contribution in [0.25, 0.3) is 0 Å². The van der Waals surface area contributed by atoms with Gasteiger partial charge in [-0.25, -0.2) is 0 Å². The number of nitrogens with two attached hydrogens (primary N) is 1. The van der Waals surface area contributed by atoms with Crippen molar-refractivity contribution < 1.29 is 0 Å². The van der Waals surface area contributed by atoms with Crippen molar-refractivity contribution in [2.45, 2.75) is 25.4 Å². The fraction of sp³-hybridized carbons (Fsp3) is 0.500. The molecule has 90 valence electrons. The van der Waals surface area contributed by atoms with E-state index in [0.717, 1.165) is 32.5 Å². The van der Waals surface area contributed by atoms with Crippen molar-refractivity contribution in [1.29, 1.82) is 0 Å². The van der Waals surface area contributed by atoms with Crippen LogP contribution in [0.5, 0.6) is 0 Å². The molecule has 2 rings (SSSR count). The second-order valence-corrected chi connectivity index (χ2v) is 4.20. The van der Waals surface area contributed by atoms with Crippen LogP contribution < -0.4 is 11.3 Å². The van der Waals surface area contributed by atoms with Gasteiger partial charge >= 0.3 is 0 Å². The number of hydrogen-bond acceptors (Lipinski definition) is 3. The maximum absolute atomic E-state index is 5.43. The van der Waals surface area contributed by atoms with Crippen LogP contribution in [0.1, 0.15) is 18.4 Å². The lowest BCUT2D eigenvalue weighted by Crippen LogP contribution is -2.44. The van der Waals surface area contributed by atoms with Crippen molar-refractivity contribution >= 4 is 12.4 Å². The molecule has 0 spiro atoms. The van der Waals surface area contributed by atoms with Crippen molar-refractivity contribution in [2.75, 3.05) is 13.1 Å². The lowest BCUT2D eigenvalue weighted by atomic mass is 10.1. The topological polar surface area (TPSA) is 41.3 Å². The van der Waals surface area contributed by atoms with Crippen LogP contribution in [0.2, 0.25) is 0 Å². The Labute approximate surface area is 103 Å². The maximum atomic E-state index is 5.43. The van der Waals surface area contributed by atoms with Gasteiger partial charge in [-0.2, -0.15) is 0 Å². The lowest BCUT2D eigenvalue weighted by molar-refractivity contribution is 0.191. The van der Waals surface area contributed by atoms with Crippen LogP contribution in [0.3, 0.4) is 0 Å². The SMILES string of the molecule is Cl.NNC1CCN(Cc2ccccc2)CC1. The quantitative estimate of drug-likeness (QED) is 0.623. The number of piperidine rings is 1. The molecule has 1 aliphatic heterocycles. The smallest absolute Gasteiger partial charge is 0.0234 e. The van der Waals surface area contributed by atoms with E-state index in [2.05, 4.69) is 40.7 Å². The molecule has 1 aliphatic rings. The second kappa shape index (κ2) is 6.86. The predicted octanol–water partition coefficient (Wildman–Crippen LogP) is 1.54. The summed E-state index contributed by atoms with van der Waals surface area (Å²) in [5, 5.41) is 0. The Kier molecular flexibility index (Phi) is 5.77. The first kappa shape index (κ1) is 13.5. The second-order valence-electron chi connectivity index (χ2n) is 4.20. The number of rotatable bonds is 3. The molecule has 0 aliphatic carbocycles. The Morgan fingerprint density at radius 3 is 2.38 bits per heavy atom. The Balaban J connectivity index is 0.00000128. The number of hydrogen-bond donors (Lipinski definition) is 2. The molecular formula is C12H20ClN3. The van der Waals surface area contributed by atoms with Crippen LogP contribution >= 0.6 is 12.4 Å². The van der Waals surface area contributed by atoms with Crippen LogP contribution in [0.15, 0.2) is 30.3 Å².